The van der Waals surface area contributed by atoms with Crippen molar-refractivity contribution in [3.63, 3.8) is 0 Å². The van der Waals surface area contributed by atoms with E-state index in [2.05, 4.69) is 24.3 Å². The molecule has 1 saturated carbocycles. The minimum absolute atomic E-state index is 0.0548. The van der Waals surface area contributed by atoms with Crippen LogP contribution in [0.2, 0.25) is 0 Å². The summed E-state index contributed by atoms with van der Waals surface area (Å²) in [5, 5.41) is 0. The first-order chi connectivity index (χ1) is 8.70. The Bertz CT molecular complexity index is 417. The van der Waals surface area contributed by atoms with Crippen LogP contribution in [0.4, 0.5) is 0 Å². The summed E-state index contributed by atoms with van der Waals surface area (Å²) in [6, 6.07) is 6.17. The Morgan fingerprint density at radius 1 is 1.33 bits per heavy atom. The van der Waals surface area contributed by atoms with E-state index in [9.17, 15) is 0 Å². The lowest BCUT2D eigenvalue weighted by Crippen LogP contribution is -2.07. The maximum atomic E-state index is 6.02. The van der Waals surface area contributed by atoms with Crippen LogP contribution in [0.3, 0.4) is 0 Å². The van der Waals surface area contributed by atoms with Crippen LogP contribution < -0.4 is 10.5 Å². The van der Waals surface area contributed by atoms with Crippen molar-refractivity contribution < 1.29 is 4.74 Å². The first kappa shape index (κ1) is 13.2. The zero-order valence-electron chi connectivity index (χ0n) is 11.4. The Hall–Kier alpha value is -1.28. The molecule has 2 rings (SSSR count). The minimum atomic E-state index is 0.0548. The number of methoxy groups -OCH3 is 1. The van der Waals surface area contributed by atoms with Crippen LogP contribution in [0.15, 0.2) is 24.3 Å². The van der Waals surface area contributed by atoms with Crippen molar-refractivity contribution in [3.8, 4) is 5.75 Å². The molecule has 0 bridgehead atoms. The van der Waals surface area contributed by atoms with Gasteiger partial charge in [-0.3, -0.25) is 0 Å². The summed E-state index contributed by atoms with van der Waals surface area (Å²) in [7, 11) is 1.70. The van der Waals surface area contributed by atoms with Crippen LogP contribution in [0.1, 0.15) is 49.8 Å². The summed E-state index contributed by atoms with van der Waals surface area (Å²) in [5.41, 5.74) is 8.39. The maximum Gasteiger partial charge on any atom is 0.119 e. The second-order valence-corrected chi connectivity index (χ2v) is 5.19. The molecule has 1 aliphatic rings. The molecule has 18 heavy (non-hydrogen) atoms. The largest absolute Gasteiger partial charge is 0.497 e. The summed E-state index contributed by atoms with van der Waals surface area (Å²) in [4.78, 5) is 0. The van der Waals surface area contributed by atoms with Gasteiger partial charge in [0.25, 0.3) is 0 Å². The molecule has 2 nitrogen and oxygen atoms in total. The monoisotopic (exact) mass is 245 g/mol. The lowest BCUT2D eigenvalue weighted by molar-refractivity contribution is 0.414. The summed E-state index contributed by atoms with van der Waals surface area (Å²) in [6.45, 7) is 2.02. The normalized spacial score (nSPS) is 18.4. The highest BCUT2D eigenvalue weighted by atomic mass is 16.5. The van der Waals surface area contributed by atoms with E-state index in [4.69, 9.17) is 10.5 Å². The van der Waals surface area contributed by atoms with Gasteiger partial charge >= 0.3 is 0 Å². The van der Waals surface area contributed by atoms with Crippen LogP contribution in [-0.4, -0.2) is 7.11 Å². The molecule has 2 heteroatoms. The molecule has 0 heterocycles. The van der Waals surface area contributed by atoms with Gasteiger partial charge in [0.15, 0.2) is 0 Å². The van der Waals surface area contributed by atoms with Crippen molar-refractivity contribution in [2.24, 2.45) is 11.7 Å². The number of hydrogen-bond acceptors (Lipinski definition) is 2. The Morgan fingerprint density at radius 2 is 2.06 bits per heavy atom. The summed E-state index contributed by atoms with van der Waals surface area (Å²) < 4.78 is 5.29. The number of nitrogens with two attached hydrogens (primary N) is 1. The third-order valence-corrected chi connectivity index (χ3v) is 3.73. The fourth-order valence-electron chi connectivity index (χ4n) is 2.63. The van der Waals surface area contributed by atoms with Crippen LogP contribution in [0.25, 0.3) is 6.08 Å². The highest BCUT2D eigenvalue weighted by Gasteiger charge is 2.12. The minimum Gasteiger partial charge on any atom is -0.497 e. The first-order valence-electron chi connectivity index (χ1n) is 6.82. The number of hydrogen-bond donors (Lipinski definition) is 1. The molecule has 2 N–H and O–H groups in total. The van der Waals surface area contributed by atoms with Crippen molar-refractivity contribution in [1.29, 1.82) is 0 Å². The molecule has 1 aliphatic carbocycles. The van der Waals surface area contributed by atoms with E-state index in [0.29, 0.717) is 0 Å². The molecule has 0 unspecified atom stereocenters. The summed E-state index contributed by atoms with van der Waals surface area (Å²) in [5.74, 6) is 1.64. The highest BCUT2D eigenvalue weighted by Crippen LogP contribution is 2.28. The van der Waals surface area contributed by atoms with Crippen LogP contribution >= 0.6 is 0 Å². The van der Waals surface area contributed by atoms with Crippen molar-refractivity contribution in [2.75, 3.05) is 7.11 Å². The SMILES string of the molecule is COc1ccc([C@H](C)N)c(/C=C/C2CCCC2)c1. The lowest BCUT2D eigenvalue weighted by Gasteiger charge is -2.12. The molecule has 0 spiro atoms. The molecule has 1 fully saturated rings. The third-order valence-electron chi connectivity index (χ3n) is 3.73. The molecule has 0 amide bonds. The Morgan fingerprint density at radius 3 is 2.67 bits per heavy atom. The van der Waals surface area contributed by atoms with Gasteiger partial charge in [-0.1, -0.05) is 31.1 Å². The molecular formula is C16H23NO. The number of rotatable bonds is 4. The van der Waals surface area contributed by atoms with Crippen LogP contribution in [-0.2, 0) is 0 Å². The van der Waals surface area contributed by atoms with E-state index < -0.39 is 0 Å². The molecular weight excluding hydrogens is 222 g/mol. The second kappa shape index (κ2) is 6.05. The van der Waals surface area contributed by atoms with Gasteiger partial charge in [-0.05, 0) is 48.9 Å². The second-order valence-electron chi connectivity index (χ2n) is 5.19. The zero-order chi connectivity index (χ0) is 13.0. The molecule has 1 atom stereocenters. The molecule has 98 valence electrons. The van der Waals surface area contributed by atoms with E-state index in [-0.39, 0.29) is 6.04 Å². The van der Waals surface area contributed by atoms with Gasteiger partial charge in [0.2, 0.25) is 0 Å². The predicted molar refractivity (Wildman–Crippen MR) is 76.6 cm³/mol. The fraction of sp³-hybridized carbons (Fsp3) is 0.500. The van der Waals surface area contributed by atoms with E-state index in [1.165, 1.54) is 36.8 Å². The zero-order valence-corrected chi connectivity index (χ0v) is 11.4. The van der Waals surface area contributed by atoms with Crippen LogP contribution in [0.5, 0.6) is 5.75 Å². The summed E-state index contributed by atoms with van der Waals surface area (Å²) >= 11 is 0. The van der Waals surface area contributed by atoms with Crippen molar-refractivity contribution in [2.45, 2.75) is 38.6 Å². The standard InChI is InChI=1S/C16H23NO/c1-12(17)16-10-9-15(18-2)11-14(16)8-7-13-5-3-4-6-13/h7-13H,3-6,17H2,1-2H3/b8-7+/t12-/m0/s1. The number of allylic oxidation sites excluding steroid dienone is 1. The van der Waals surface area contributed by atoms with Crippen LogP contribution in [0, 0.1) is 5.92 Å². The van der Waals surface area contributed by atoms with E-state index in [0.717, 1.165) is 11.7 Å². The molecule has 1 aromatic carbocycles. The van der Waals surface area contributed by atoms with Crippen molar-refractivity contribution in [3.05, 3.63) is 35.4 Å². The van der Waals surface area contributed by atoms with Gasteiger partial charge in [-0.2, -0.15) is 0 Å². The fourth-order valence-corrected chi connectivity index (χ4v) is 2.63. The quantitative estimate of drug-likeness (QED) is 0.872. The smallest absolute Gasteiger partial charge is 0.119 e. The predicted octanol–water partition coefficient (Wildman–Crippen LogP) is 3.92. The topological polar surface area (TPSA) is 35.2 Å². The highest BCUT2D eigenvalue weighted by molar-refractivity contribution is 5.57. The van der Waals surface area contributed by atoms with Gasteiger partial charge in [-0.15, -0.1) is 0 Å². The summed E-state index contributed by atoms with van der Waals surface area (Å²) in [6.07, 6.45) is 9.95. The van der Waals surface area contributed by atoms with Gasteiger partial charge in [0.05, 0.1) is 7.11 Å². The van der Waals surface area contributed by atoms with Crippen molar-refractivity contribution >= 4 is 6.08 Å². The Kier molecular flexibility index (Phi) is 4.43. The third kappa shape index (κ3) is 3.14. The van der Waals surface area contributed by atoms with E-state index in [1.807, 2.05) is 13.0 Å². The molecule has 0 radical (unpaired) electrons. The Labute approximate surface area is 110 Å². The molecule has 0 aromatic heterocycles. The first-order valence-corrected chi connectivity index (χ1v) is 6.82. The van der Waals surface area contributed by atoms with Gasteiger partial charge < -0.3 is 10.5 Å². The van der Waals surface area contributed by atoms with Gasteiger partial charge in [-0.25, -0.2) is 0 Å². The number of benzene rings is 1. The average molecular weight is 245 g/mol. The van der Waals surface area contributed by atoms with Crippen molar-refractivity contribution in [1.82, 2.24) is 0 Å². The molecule has 1 aromatic rings. The van der Waals surface area contributed by atoms with E-state index in [1.54, 1.807) is 7.11 Å². The number of ether oxygens (including phenoxy) is 1. The molecule has 0 aliphatic heterocycles. The Balaban J connectivity index is 2.22. The molecule has 0 saturated heterocycles. The average Bonchev–Trinajstić information content (AvgIpc) is 2.88. The lowest BCUT2D eigenvalue weighted by atomic mass is 9.99. The van der Waals surface area contributed by atoms with E-state index >= 15 is 0 Å². The van der Waals surface area contributed by atoms with Gasteiger partial charge in [0.1, 0.15) is 5.75 Å². The van der Waals surface area contributed by atoms with Gasteiger partial charge in [0, 0.05) is 6.04 Å². The maximum absolute atomic E-state index is 6.02.